The van der Waals surface area contributed by atoms with Gasteiger partial charge in [-0.05, 0) is 45.5 Å². The molecule has 5 nitrogen and oxygen atoms in total. The first-order valence-corrected chi connectivity index (χ1v) is 7.85. The number of para-hydroxylation sites is 1. The summed E-state index contributed by atoms with van der Waals surface area (Å²) in [6.45, 7) is 4.57. The lowest BCUT2D eigenvalue weighted by atomic mass is 9.86. The third-order valence-corrected chi connectivity index (χ3v) is 4.55. The smallest absolute Gasteiger partial charge is 0.248 e. The Balaban J connectivity index is 1.68. The number of hydrogen-bond donors (Lipinski definition) is 1. The van der Waals surface area contributed by atoms with E-state index in [1.807, 2.05) is 30.3 Å². The molecule has 0 bridgehead atoms. The average Bonchev–Trinajstić information content (AvgIpc) is 3.12. The van der Waals surface area contributed by atoms with Gasteiger partial charge < -0.3 is 5.32 Å². The average molecular weight is 305 g/mol. The van der Waals surface area contributed by atoms with Gasteiger partial charge in [-0.3, -0.25) is 0 Å². The van der Waals surface area contributed by atoms with Gasteiger partial charge >= 0.3 is 0 Å². The minimum absolute atomic E-state index is 0.152. The zero-order chi connectivity index (χ0) is 15.9. The van der Waals surface area contributed by atoms with E-state index in [9.17, 15) is 0 Å². The molecule has 0 amide bonds. The van der Waals surface area contributed by atoms with Crippen molar-refractivity contribution in [3.05, 3.63) is 65.7 Å². The van der Waals surface area contributed by atoms with Crippen molar-refractivity contribution in [2.45, 2.75) is 31.7 Å². The molecule has 0 aliphatic heterocycles. The van der Waals surface area contributed by atoms with Gasteiger partial charge in [0.15, 0.2) is 0 Å². The van der Waals surface area contributed by atoms with Gasteiger partial charge in [0.1, 0.15) is 0 Å². The maximum atomic E-state index is 4.17. The number of aromatic nitrogens is 4. The summed E-state index contributed by atoms with van der Waals surface area (Å²) in [6, 6.07) is 18.8. The number of benzene rings is 2. The van der Waals surface area contributed by atoms with Crippen LogP contribution in [0.3, 0.4) is 0 Å². The van der Waals surface area contributed by atoms with Crippen LogP contribution in [0, 0.1) is 0 Å². The molecule has 116 valence electrons. The van der Waals surface area contributed by atoms with Crippen LogP contribution < -0.4 is 5.32 Å². The molecule has 1 aliphatic rings. The van der Waals surface area contributed by atoms with Gasteiger partial charge in [0, 0.05) is 0 Å². The predicted molar refractivity (Wildman–Crippen MR) is 89.6 cm³/mol. The Labute approximate surface area is 135 Å². The molecule has 3 aromatic rings. The normalized spacial score (nSPS) is 18.6. The molecule has 0 saturated heterocycles. The van der Waals surface area contributed by atoms with Crippen molar-refractivity contribution in [2.24, 2.45) is 0 Å². The van der Waals surface area contributed by atoms with Crippen LogP contribution in [0.4, 0.5) is 5.95 Å². The van der Waals surface area contributed by atoms with E-state index >= 15 is 0 Å². The molecule has 1 heterocycles. The fraction of sp³-hybridized carbons (Fsp3) is 0.278. The first-order valence-electron chi connectivity index (χ1n) is 7.85. The van der Waals surface area contributed by atoms with Gasteiger partial charge in [-0.25, -0.2) is 0 Å². The van der Waals surface area contributed by atoms with E-state index < -0.39 is 0 Å². The molecule has 1 N–H and O–H groups in total. The molecular weight excluding hydrogens is 286 g/mol. The highest BCUT2D eigenvalue weighted by molar-refractivity contribution is 5.47. The first-order chi connectivity index (χ1) is 11.1. The van der Waals surface area contributed by atoms with Crippen LogP contribution in [0.2, 0.25) is 0 Å². The van der Waals surface area contributed by atoms with E-state index in [1.165, 1.54) is 11.1 Å². The van der Waals surface area contributed by atoms with Gasteiger partial charge in [-0.2, -0.15) is 4.68 Å². The van der Waals surface area contributed by atoms with Crippen LogP contribution in [0.1, 0.15) is 37.4 Å². The van der Waals surface area contributed by atoms with Gasteiger partial charge in [0.25, 0.3) is 0 Å². The molecular formula is C18H19N5. The van der Waals surface area contributed by atoms with Gasteiger partial charge in [-0.15, -0.1) is 0 Å². The number of hydrogen-bond acceptors (Lipinski definition) is 4. The summed E-state index contributed by atoms with van der Waals surface area (Å²) in [6.07, 6.45) is 1.02. The maximum absolute atomic E-state index is 4.17. The minimum atomic E-state index is 0.152. The molecule has 2 aromatic carbocycles. The highest BCUT2D eigenvalue weighted by atomic mass is 15.6. The summed E-state index contributed by atoms with van der Waals surface area (Å²) in [5.41, 5.74) is 3.83. The third kappa shape index (κ3) is 2.38. The first kappa shape index (κ1) is 13.9. The van der Waals surface area contributed by atoms with Crippen molar-refractivity contribution in [3.63, 3.8) is 0 Å². The summed E-state index contributed by atoms with van der Waals surface area (Å²) in [4.78, 5) is 0. The van der Waals surface area contributed by atoms with E-state index in [-0.39, 0.29) is 11.5 Å². The fourth-order valence-electron chi connectivity index (χ4n) is 3.45. The van der Waals surface area contributed by atoms with Crippen molar-refractivity contribution < 1.29 is 0 Å². The lowest BCUT2D eigenvalue weighted by Crippen LogP contribution is -2.16. The number of rotatable bonds is 3. The molecule has 1 atom stereocenters. The zero-order valence-electron chi connectivity index (χ0n) is 13.3. The third-order valence-electron chi connectivity index (χ3n) is 4.55. The molecule has 5 heteroatoms. The Bertz CT molecular complexity index is 822. The zero-order valence-corrected chi connectivity index (χ0v) is 13.3. The second-order valence-corrected chi connectivity index (χ2v) is 6.62. The predicted octanol–water partition coefficient (Wildman–Crippen LogP) is 3.50. The number of nitrogens with one attached hydrogen (secondary N) is 1. The standard InChI is InChI=1S/C18H19N5/c1-18(2)12-16(14-10-6-7-11-15(14)18)19-17-20-21-22-23(17)13-8-4-3-5-9-13/h3-11,16H,12H2,1-2H3,(H,19,20,22). The van der Waals surface area contributed by atoms with E-state index in [2.05, 4.69) is 59.0 Å². The molecule has 0 radical (unpaired) electrons. The number of tetrazole rings is 1. The van der Waals surface area contributed by atoms with Crippen LogP contribution in [0.25, 0.3) is 5.69 Å². The number of anilines is 1. The molecule has 1 aliphatic carbocycles. The van der Waals surface area contributed by atoms with Crippen LogP contribution in [-0.2, 0) is 5.41 Å². The number of nitrogens with zero attached hydrogens (tertiary/aromatic N) is 4. The van der Waals surface area contributed by atoms with E-state index in [0.717, 1.165) is 12.1 Å². The summed E-state index contributed by atoms with van der Waals surface area (Å²) >= 11 is 0. The Morgan fingerprint density at radius 1 is 1.04 bits per heavy atom. The molecule has 23 heavy (non-hydrogen) atoms. The molecule has 1 unspecified atom stereocenters. The SMILES string of the molecule is CC1(C)CC(Nc2nnnn2-c2ccccc2)c2ccccc21. The number of fused-ring (bicyclic) bond motifs is 1. The fourth-order valence-corrected chi connectivity index (χ4v) is 3.45. The van der Waals surface area contributed by atoms with Crippen molar-refractivity contribution in [1.82, 2.24) is 20.2 Å². The maximum Gasteiger partial charge on any atom is 0.248 e. The van der Waals surface area contributed by atoms with Crippen LogP contribution in [-0.4, -0.2) is 20.2 Å². The molecule has 0 saturated carbocycles. The summed E-state index contributed by atoms with van der Waals surface area (Å²) < 4.78 is 1.74. The lowest BCUT2D eigenvalue weighted by Gasteiger charge is -2.19. The van der Waals surface area contributed by atoms with Crippen molar-refractivity contribution in [1.29, 1.82) is 0 Å². The van der Waals surface area contributed by atoms with Crippen LogP contribution in [0.5, 0.6) is 0 Å². The van der Waals surface area contributed by atoms with Gasteiger partial charge in [-0.1, -0.05) is 61.4 Å². The largest absolute Gasteiger partial charge is 0.346 e. The topological polar surface area (TPSA) is 55.6 Å². The van der Waals surface area contributed by atoms with Crippen molar-refractivity contribution in [2.75, 3.05) is 5.32 Å². The van der Waals surface area contributed by atoms with Crippen molar-refractivity contribution >= 4 is 5.95 Å². The molecule has 0 spiro atoms. The summed E-state index contributed by atoms with van der Waals surface area (Å²) in [5, 5.41) is 15.6. The van der Waals surface area contributed by atoms with Crippen LogP contribution >= 0.6 is 0 Å². The van der Waals surface area contributed by atoms with Crippen molar-refractivity contribution in [3.8, 4) is 5.69 Å². The monoisotopic (exact) mass is 305 g/mol. The lowest BCUT2D eigenvalue weighted by molar-refractivity contribution is 0.492. The van der Waals surface area contributed by atoms with Gasteiger partial charge in [0.2, 0.25) is 5.95 Å². The Morgan fingerprint density at radius 2 is 1.78 bits per heavy atom. The highest BCUT2D eigenvalue weighted by Gasteiger charge is 2.37. The minimum Gasteiger partial charge on any atom is -0.346 e. The molecule has 0 fully saturated rings. The van der Waals surface area contributed by atoms with Crippen LogP contribution in [0.15, 0.2) is 54.6 Å². The van der Waals surface area contributed by atoms with E-state index in [1.54, 1.807) is 4.68 Å². The second kappa shape index (κ2) is 5.19. The Hall–Kier alpha value is -2.69. The Morgan fingerprint density at radius 3 is 2.61 bits per heavy atom. The van der Waals surface area contributed by atoms with Gasteiger partial charge in [0.05, 0.1) is 11.7 Å². The van der Waals surface area contributed by atoms with E-state index in [0.29, 0.717) is 5.95 Å². The quantitative estimate of drug-likeness (QED) is 0.804. The summed E-state index contributed by atoms with van der Waals surface area (Å²) in [7, 11) is 0. The molecule has 1 aromatic heterocycles. The van der Waals surface area contributed by atoms with E-state index in [4.69, 9.17) is 0 Å². The second-order valence-electron chi connectivity index (χ2n) is 6.62. The highest BCUT2D eigenvalue weighted by Crippen LogP contribution is 2.45. The Kier molecular flexibility index (Phi) is 3.15. The summed E-state index contributed by atoms with van der Waals surface area (Å²) in [5.74, 6) is 0.675. The molecule has 4 rings (SSSR count).